The lowest BCUT2D eigenvalue weighted by molar-refractivity contribution is -0.140. The quantitative estimate of drug-likeness (QED) is 0.757. The Hall–Kier alpha value is -1.12. The minimum absolute atomic E-state index is 0.0234. The van der Waals surface area contributed by atoms with Gasteiger partial charge >= 0.3 is 5.97 Å². The molecule has 1 unspecified atom stereocenters. The Morgan fingerprint density at radius 3 is 2.52 bits per heavy atom. The van der Waals surface area contributed by atoms with E-state index >= 15 is 0 Å². The number of methoxy groups -OCH3 is 1. The van der Waals surface area contributed by atoms with Gasteiger partial charge in [-0.25, -0.2) is 8.42 Å². The van der Waals surface area contributed by atoms with Crippen molar-refractivity contribution in [1.29, 1.82) is 0 Å². The van der Waals surface area contributed by atoms with Crippen LogP contribution >= 0.6 is 15.9 Å². The number of carboxylic acid groups (broad SMARTS) is 1. The number of nitrogens with one attached hydrogen (secondary N) is 1. The molecule has 0 bridgehead atoms. The number of sulfonamides is 1. The topological polar surface area (TPSA) is 92.7 Å². The fourth-order valence-corrected chi connectivity index (χ4v) is 3.71. The molecule has 0 saturated carbocycles. The van der Waals surface area contributed by atoms with Gasteiger partial charge in [0.15, 0.2) is 0 Å². The largest absolute Gasteiger partial charge is 0.496 e. The summed E-state index contributed by atoms with van der Waals surface area (Å²) in [6.07, 6.45) is 0.547. The molecule has 2 N–H and O–H groups in total. The zero-order valence-corrected chi connectivity index (χ0v) is 14.4. The number of benzene rings is 1. The first-order valence-corrected chi connectivity index (χ1v) is 8.59. The Kier molecular flexibility index (Phi) is 6.18. The fourth-order valence-electron chi connectivity index (χ4n) is 1.70. The molecule has 0 aliphatic heterocycles. The predicted molar refractivity (Wildman–Crippen MR) is 81.9 cm³/mol. The molecule has 0 fully saturated rings. The van der Waals surface area contributed by atoms with Crippen LogP contribution in [-0.4, -0.2) is 32.6 Å². The van der Waals surface area contributed by atoms with E-state index < -0.39 is 22.0 Å². The van der Waals surface area contributed by atoms with E-state index in [1.165, 1.54) is 25.3 Å². The van der Waals surface area contributed by atoms with E-state index in [0.29, 0.717) is 16.6 Å². The molecule has 6 nitrogen and oxygen atoms in total. The van der Waals surface area contributed by atoms with Gasteiger partial charge in [0.1, 0.15) is 11.8 Å². The number of carbonyl (C=O) groups is 1. The van der Waals surface area contributed by atoms with E-state index in [1.54, 1.807) is 13.8 Å². The van der Waals surface area contributed by atoms with Gasteiger partial charge in [0.2, 0.25) is 10.0 Å². The Labute approximate surface area is 132 Å². The summed E-state index contributed by atoms with van der Waals surface area (Å²) in [7, 11) is -2.46. The number of ether oxygens (including phenoxy) is 1. The van der Waals surface area contributed by atoms with E-state index in [1.807, 2.05) is 0 Å². The third kappa shape index (κ3) is 4.42. The van der Waals surface area contributed by atoms with Crippen LogP contribution in [0.15, 0.2) is 27.6 Å². The third-order valence-corrected chi connectivity index (χ3v) is 5.25. The molecule has 0 saturated heterocycles. The molecular formula is C13H18BrNO5S. The summed E-state index contributed by atoms with van der Waals surface area (Å²) in [5.74, 6) is -1.02. The molecule has 1 aromatic rings. The lowest BCUT2D eigenvalue weighted by Crippen LogP contribution is -2.44. The van der Waals surface area contributed by atoms with Crippen LogP contribution in [0.3, 0.4) is 0 Å². The van der Waals surface area contributed by atoms with Crippen molar-refractivity contribution in [2.24, 2.45) is 5.92 Å². The summed E-state index contributed by atoms with van der Waals surface area (Å²) in [4.78, 5) is 11.2. The lowest BCUT2D eigenvalue weighted by Gasteiger charge is -2.20. The fraction of sp³-hybridized carbons (Fsp3) is 0.462. The summed E-state index contributed by atoms with van der Waals surface area (Å²) in [6.45, 7) is 3.49. The van der Waals surface area contributed by atoms with Crippen molar-refractivity contribution in [3.63, 3.8) is 0 Å². The zero-order valence-electron chi connectivity index (χ0n) is 12.0. The van der Waals surface area contributed by atoms with E-state index in [2.05, 4.69) is 20.7 Å². The number of halogens is 1. The molecule has 118 valence electrons. The summed E-state index contributed by atoms with van der Waals surface area (Å²) in [6, 6.07) is 3.07. The molecule has 2 atom stereocenters. The van der Waals surface area contributed by atoms with E-state index in [9.17, 15) is 13.2 Å². The molecule has 0 aliphatic carbocycles. The molecule has 0 radical (unpaired) electrons. The van der Waals surface area contributed by atoms with Gasteiger partial charge in [-0.05, 0) is 40.0 Å². The molecule has 0 aromatic heterocycles. The average molecular weight is 380 g/mol. The molecule has 1 rings (SSSR count). The van der Waals surface area contributed by atoms with Crippen molar-refractivity contribution in [2.45, 2.75) is 31.2 Å². The van der Waals surface area contributed by atoms with Gasteiger partial charge in [-0.2, -0.15) is 4.72 Å². The minimum atomic E-state index is -3.92. The van der Waals surface area contributed by atoms with Gasteiger partial charge in [0, 0.05) is 0 Å². The van der Waals surface area contributed by atoms with Crippen LogP contribution in [0.2, 0.25) is 0 Å². The van der Waals surface area contributed by atoms with Crippen molar-refractivity contribution >= 4 is 31.9 Å². The first-order valence-electron chi connectivity index (χ1n) is 6.31. The number of aliphatic carboxylic acids is 1. The maximum atomic E-state index is 12.3. The second-order valence-corrected chi connectivity index (χ2v) is 7.19. The number of hydrogen-bond acceptors (Lipinski definition) is 4. The van der Waals surface area contributed by atoms with Crippen LogP contribution < -0.4 is 9.46 Å². The van der Waals surface area contributed by atoms with Crippen LogP contribution in [-0.2, 0) is 14.8 Å². The van der Waals surface area contributed by atoms with Gasteiger partial charge in [-0.3, -0.25) is 4.79 Å². The van der Waals surface area contributed by atoms with Gasteiger partial charge in [-0.15, -0.1) is 0 Å². The second kappa shape index (κ2) is 7.24. The highest BCUT2D eigenvalue weighted by atomic mass is 79.9. The average Bonchev–Trinajstić information content (AvgIpc) is 2.43. The van der Waals surface area contributed by atoms with Crippen LogP contribution in [0.25, 0.3) is 0 Å². The SMILES string of the molecule is CCC(C)[C@H](NS(=O)(=O)c1ccc(OC)c(Br)c1)C(=O)O. The molecule has 0 aliphatic rings. The van der Waals surface area contributed by atoms with Crippen LogP contribution in [0.4, 0.5) is 0 Å². The predicted octanol–water partition coefficient (Wildman–Crippen LogP) is 2.24. The Morgan fingerprint density at radius 1 is 1.48 bits per heavy atom. The summed E-state index contributed by atoms with van der Waals surface area (Å²) >= 11 is 3.20. The van der Waals surface area contributed by atoms with E-state index in [4.69, 9.17) is 9.84 Å². The first kappa shape index (κ1) is 17.9. The summed E-state index contributed by atoms with van der Waals surface area (Å²) < 4.78 is 32.3. The highest BCUT2D eigenvalue weighted by Crippen LogP contribution is 2.27. The van der Waals surface area contributed by atoms with E-state index in [0.717, 1.165) is 0 Å². The third-order valence-electron chi connectivity index (χ3n) is 3.19. The lowest BCUT2D eigenvalue weighted by atomic mass is 10.0. The molecule has 21 heavy (non-hydrogen) atoms. The molecule has 8 heteroatoms. The Bertz CT molecular complexity index is 617. The van der Waals surface area contributed by atoms with Crippen molar-refractivity contribution in [3.05, 3.63) is 22.7 Å². The number of hydrogen-bond donors (Lipinski definition) is 2. The van der Waals surface area contributed by atoms with Gasteiger partial charge in [-0.1, -0.05) is 20.3 Å². The van der Waals surface area contributed by atoms with Gasteiger partial charge < -0.3 is 9.84 Å². The highest BCUT2D eigenvalue weighted by Gasteiger charge is 2.29. The molecule has 0 amide bonds. The van der Waals surface area contributed by atoms with E-state index in [-0.39, 0.29) is 10.8 Å². The minimum Gasteiger partial charge on any atom is -0.496 e. The second-order valence-electron chi connectivity index (χ2n) is 4.62. The van der Waals surface area contributed by atoms with Crippen LogP contribution in [0, 0.1) is 5.92 Å². The normalized spacial score (nSPS) is 14.5. The molecule has 1 aromatic carbocycles. The van der Waals surface area contributed by atoms with Crippen LogP contribution in [0.1, 0.15) is 20.3 Å². The summed E-state index contributed by atoms with van der Waals surface area (Å²) in [5.41, 5.74) is 0. The van der Waals surface area contributed by atoms with Gasteiger partial charge in [0.25, 0.3) is 0 Å². The smallest absolute Gasteiger partial charge is 0.322 e. The molecular weight excluding hydrogens is 362 g/mol. The van der Waals surface area contributed by atoms with Crippen molar-refractivity contribution < 1.29 is 23.1 Å². The maximum absolute atomic E-state index is 12.3. The first-order chi connectivity index (χ1) is 9.72. The monoisotopic (exact) mass is 379 g/mol. The van der Waals surface area contributed by atoms with Crippen molar-refractivity contribution in [3.8, 4) is 5.75 Å². The Morgan fingerprint density at radius 2 is 2.10 bits per heavy atom. The van der Waals surface area contributed by atoms with Gasteiger partial charge in [0.05, 0.1) is 16.5 Å². The highest BCUT2D eigenvalue weighted by molar-refractivity contribution is 9.10. The zero-order chi connectivity index (χ0) is 16.2. The Balaban J connectivity index is 3.10. The maximum Gasteiger partial charge on any atom is 0.322 e. The summed E-state index contributed by atoms with van der Waals surface area (Å²) in [5, 5.41) is 9.17. The van der Waals surface area contributed by atoms with Crippen molar-refractivity contribution in [1.82, 2.24) is 4.72 Å². The molecule has 0 heterocycles. The standard InChI is InChI=1S/C13H18BrNO5S/c1-4-8(2)12(13(16)17)15-21(18,19)9-5-6-11(20-3)10(14)7-9/h5-8,12,15H,4H2,1-3H3,(H,16,17)/t8?,12-/m0/s1. The van der Waals surface area contributed by atoms with Crippen LogP contribution in [0.5, 0.6) is 5.75 Å². The number of rotatable bonds is 7. The molecule has 0 spiro atoms. The van der Waals surface area contributed by atoms with Crippen molar-refractivity contribution in [2.75, 3.05) is 7.11 Å². The number of carboxylic acids is 1.